The Morgan fingerprint density at radius 1 is 1.03 bits per heavy atom. The van der Waals surface area contributed by atoms with Gasteiger partial charge >= 0.3 is 5.97 Å². The number of likely N-dealkylation sites (tertiary alicyclic amines) is 1. The molecule has 1 spiro atoms. The van der Waals surface area contributed by atoms with Gasteiger partial charge < -0.3 is 19.9 Å². The van der Waals surface area contributed by atoms with E-state index in [-0.39, 0.29) is 41.7 Å². The molecule has 63 heavy (non-hydrogen) atoms. The monoisotopic (exact) mass is 866 g/mol. The molecule has 2 aromatic heterocycles. The number of aromatic nitrogens is 2. The van der Waals surface area contributed by atoms with Crippen molar-refractivity contribution >= 4 is 28.7 Å². The van der Waals surface area contributed by atoms with Crippen LogP contribution < -0.4 is 16.1 Å². The number of cyclic esters (lactones) is 1. The predicted octanol–water partition coefficient (Wildman–Crippen LogP) is 7.81. The number of halogens is 2. The molecule has 0 aliphatic carbocycles. The number of alkyl halides is 2. The first-order valence-corrected chi connectivity index (χ1v) is 23.1. The predicted molar refractivity (Wildman–Crippen MR) is 242 cm³/mol. The summed E-state index contributed by atoms with van der Waals surface area (Å²) in [6.07, 6.45) is 2.64. The molecule has 6 bridgehead atoms. The van der Waals surface area contributed by atoms with Gasteiger partial charge in [-0.25, -0.2) is 14.2 Å². The molecule has 4 aromatic rings. The fourth-order valence-electron chi connectivity index (χ4n) is 10.8. The number of amides is 2. The van der Waals surface area contributed by atoms with Gasteiger partial charge in [-0.2, -0.15) is 0 Å². The van der Waals surface area contributed by atoms with Crippen molar-refractivity contribution in [2.45, 2.75) is 124 Å². The van der Waals surface area contributed by atoms with Gasteiger partial charge in [0.2, 0.25) is 5.91 Å². The van der Waals surface area contributed by atoms with E-state index in [1.54, 1.807) is 0 Å². The summed E-state index contributed by atoms with van der Waals surface area (Å²) in [5, 5.41) is 9.03. The molecule has 13 heteroatoms. The van der Waals surface area contributed by atoms with Crippen molar-refractivity contribution in [2.75, 3.05) is 39.3 Å². The zero-order valence-corrected chi connectivity index (χ0v) is 38.0. The number of ether oxygens (including phenoxy) is 1. The molecule has 3 fully saturated rings. The van der Waals surface area contributed by atoms with E-state index in [1.165, 1.54) is 17.1 Å². The second kappa shape index (κ2) is 18.0. The lowest BCUT2D eigenvalue weighted by Gasteiger charge is -2.37. The number of hydrazine groups is 1. The van der Waals surface area contributed by atoms with Crippen molar-refractivity contribution in [3.8, 4) is 22.4 Å². The third-order valence-corrected chi connectivity index (χ3v) is 13.9. The van der Waals surface area contributed by atoms with Crippen LogP contribution in [-0.4, -0.2) is 94.7 Å². The fraction of sp³-hybridized carbons (Fsp3) is 0.560. The van der Waals surface area contributed by atoms with E-state index in [1.807, 2.05) is 38.2 Å². The molecule has 6 heterocycles. The highest BCUT2D eigenvalue weighted by molar-refractivity contribution is 5.95. The maximum atomic E-state index is 14.9. The van der Waals surface area contributed by atoms with Crippen LogP contribution >= 0.6 is 0 Å². The highest BCUT2D eigenvalue weighted by Gasteiger charge is 2.45. The molecule has 338 valence electrons. The SMILES string of the molecule is CCn1c(-c2cccnc2C(C)C)c2c3cc(ccc31)-c1cc(cc(C(F)F)c1)C[C@H](NC(=O)[C@H](C(C)C)N1CC[C@]3(CCNC3)C1)C(=O)N1CCC[C@H](N1)C(=O)OCC(C)(C)C2. The van der Waals surface area contributed by atoms with Crippen LogP contribution in [-0.2, 0) is 38.5 Å². The van der Waals surface area contributed by atoms with Crippen molar-refractivity contribution in [1.29, 1.82) is 0 Å². The van der Waals surface area contributed by atoms with Crippen LogP contribution in [0.5, 0.6) is 0 Å². The number of pyridine rings is 1. The Morgan fingerprint density at radius 2 is 1.84 bits per heavy atom. The highest BCUT2D eigenvalue weighted by atomic mass is 19.3. The molecule has 2 amide bonds. The van der Waals surface area contributed by atoms with E-state index < -0.39 is 41.8 Å². The van der Waals surface area contributed by atoms with Gasteiger partial charge in [-0.3, -0.25) is 29.3 Å². The van der Waals surface area contributed by atoms with Gasteiger partial charge in [0.05, 0.1) is 24.0 Å². The number of carbonyl (C=O) groups is 3. The second-order valence-electron chi connectivity index (χ2n) is 20.0. The largest absolute Gasteiger partial charge is 0.464 e. The molecule has 3 saturated heterocycles. The normalized spacial score (nSPS) is 23.8. The lowest BCUT2D eigenvalue weighted by molar-refractivity contribution is -0.155. The van der Waals surface area contributed by atoms with Crippen molar-refractivity contribution in [2.24, 2.45) is 16.7 Å². The van der Waals surface area contributed by atoms with Gasteiger partial charge in [-0.1, -0.05) is 59.7 Å². The third-order valence-electron chi connectivity index (χ3n) is 13.9. The maximum Gasteiger partial charge on any atom is 0.324 e. The molecule has 4 aliphatic heterocycles. The number of hydrogen-bond acceptors (Lipinski definition) is 8. The standard InChI is InChI=1S/C50H65F2N7O4/c1-8-58-41-14-13-33-25-37(41)38(44(58)36-11-9-17-54-42(36)30(2)3)26-49(6,7)29-63-48(62)39-12-10-19-59(56-39)47(61)40(23-32-21-34(33)24-35(22-32)45(51)52)55-46(60)43(31(4)5)57-20-16-50(28-57)15-18-53-27-50/h9,11,13-14,17,21-22,24-25,30-31,39-40,43,45,53,56H,8,10,12,15-16,18-20,23,26-29H2,1-7H3,(H,55,60)/t39-,40-,43-,50-/m0/s1. The summed E-state index contributed by atoms with van der Waals surface area (Å²) in [4.78, 5) is 50.3. The molecule has 0 saturated carbocycles. The topological polar surface area (TPSA) is 121 Å². The van der Waals surface area contributed by atoms with Crippen molar-refractivity contribution < 1.29 is 27.9 Å². The Bertz CT molecular complexity index is 2350. The average Bonchev–Trinajstić information content (AvgIpc) is 3.98. The molecule has 11 nitrogen and oxygen atoms in total. The summed E-state index contributed by atoms with van der Waals surface area (Å²) in [5.74, 6) is -1.04. The fourth-order valence-corrected chi connectivity index (χ4v) is 10.8. The van der Waals surface area contributed by atoms with E-state index in [0.29, 0.717) is 43.5 Å². The Balaban J connectivity index is 1.25. The van der Waals surface area contributed by atoms with Crippen LogP contribution in [0.4, 0.5) is 8.78 Å². The van der Waals surface area contributed by atoms with Gasteiger partial charge in [-0.05, 0) is 122 Å². The van der Waals surface area contributed by atoms with Crippen molar-refractivity contribution in [3.63, 3.8) is 0 Å². The quantitative estimate of drug-likeness (QED) is 0.154. The second-order valence-corrected chi connectivity index (χ2v) is 20.0. The first-order chi connectivity index (χ1) is 30.1. The van der Waals surface area contributed by atoms with Gasteiger partial charge in [0, 0.05) is 66.2 Å². The van der Waals surface area contributed by atoms with Gasteiger partial charge in [0.1, 0.15) is 12.1 Å². The molecule has 2 aromatic carbocycles. The number of rotatable bonds is 8. The molecule has 3 N–H and O–H groups in total. The van der Waals surface area contributed by atoms with Crippen LogP contribution in [0.3, 0.4) is 0 Å². The van der Waals surface area contributed by atoms with E-state index in [4.69, 9.17) is 9.72 Å². The van der Waals surface area contributed by atoms with Crippen molar-refractivity contribution in [1.82, 2.24) is 35.5 Å². The first-order valence-electron chi connectivity index (χ1n) is 23.1. The third kappa shape index (κ3) is 9.15. The number of fused-ring (bicyclic) bond motifs is 6. The minimum absolute atomic E-state index is 0.0267. The van der Waals surface area contributed by atoms with Crippen LogP contribution in [0.25, 0.3) is 33.3 Å². The lowest BCUT2D eigenvalue weighted by atomic mass is 9.83. The maximum absolute atomic E-state index is 14.9. The Hall–Kier alpha value is -4.72. The number of hydrogen-bond donors (Lipinski definition) is 3. The molecule has 0 unspecified atom stereocenters. The number of benzene rings is 2. The van der Waals surface area contributed by atoms with Gasteiger partial charge in [-0.15, -0.1) is 0 Å². The summed E-state index contributed by atoms with van der Waals surface area (Å²) >= 11 is 0. The molecule has 4 atom stereocenters. The van der Waals surface area contributed by atoms with Crippen LogP contribution in [0.15, 0.2) is 54.7 Å². The van der Waals surface area contributed by atoms with E-state index in [9.17, 15) is 23.2 Å². The molecule has 4 aliphatic rings. The highest BCUT2D eigenvalue weighted by Crippen LogP contribution is 2.43. The van der Waals surface area contributed by atoms with Gasteiger partial charge in [0.25, 0.3) is 12.3 Å². The number of aryl methyl sites for hydroxylation is 1. The molecule has 0 radical (unpaired) electrons. The minimum Gasteiger partial charge on any atom is -0.464 e. The van der Waals surface area contributed by atoms with Crippen LogP contribution in [0.1, 0.15) is 109 Å². The van der Waals surface area contributed by atoms with E-state index in [0.717, 1.165) is 78.0 Å². The number of carbonyl (C=O) groups excluding carboxylic acids is 3. The Morgan fingerprint density at radius 3 is 2.56 bits per heavy atom. The molecular formula is C50H65F2N7O4. The minimum atomic E-state index is -2.77. The van der Waals surface area contributed by atoms with Gasteiger partial charge in [0.15, 0.2) is 0 Å². The van der Waals surface area contributed by atoms with E-state index in [2.05, 4.69) is 78.3 Å². The summed E-state index contributed by atoms with van der Waals surface area (Å²) in [6, 6.07) is 12.7. The Kier molecular flexibility index (Phi) is 12.9. The average molecular weight is 866 g/mol. The number of nitrogens with zero attached hydrogens (tertiary/aromatic N) is 4. The summed E-state index contributed by atoms with van der Waals surface area (Å²) in [6.45, 7) is 19.2. The van der Waals surface area contributed by atoms with Crippen LogP contribution in [0, 0.1) is 16.7 Å². The summed E-state index contributed by atoms with van der Waals surface area (Å²) in [7, 11) is 0. The van der Waals surface area contributed by atoms with E-state index >= 15 is 0 Å². The smallest absolute Gasteiger partial charge is 0.324 e. The molecule has 8 rings (SSSR count). The number of esters is 1. The van der Waals surface area contributed by atoms with Crippen LogP contribution in [0.2, 0.25) is 0 Å². The van der Waals surface area contributed by atoms with Crippen molar-refractivity contribution in [3.05, 3.63) is 77.1 Å². The Labute approximate surface area is 370 Å². The summed E-state index contributed by atoms with van der Waals surface area (Å²) < 4.78 is 38.3. The first kappa shape index (κ1) is 44.9. The number of nitrogens with one attached hydrogen (secondary N) is 3. The molecular weight excluding hydrogens is 801 g/mol. The summed E-state index contributed by atoms with van der Waals surface area (Å²) in [5.41, 5.74) is 9.57. The lowest BCUT2D eigenvalue weighted by Crippen LogP contribution is -2.62. The zero-order valence-electron chi connectivity index (χ0n) is 38.0. The zero-order chi connectivity index (χ0) is 44.8.